The molecule has 1 aromatic rings. The SMILES string of the molecule is CO[C@@H](C)c1cccc(NC(=O)N2CC[C@H](OCCC(C)C)C2)c1. The first kappa shape index (κ1) is 18.7. The highest BCUT2D eigenvalue weighted by Crippen LogP contribution is 2.21. The normalized spacial score (nSPS) is 18.9. The number of anilines is 1. The van der Waals surface area contributed by atoms with Gasteiger partial charge in [-0.3, -0.25) is 0 Å². The lowest BCUT2D eigenvalue weighted by Gasteiger charge is -2.18. The summed E-state index contributed by atoms with van der Waals surface area (Å²) in [6, 6.07) is 7.72. The number of hydrogen-bond donors (Lipinski definition) is 1. The second-order valence-corrected chi connectivity index (χ2v) is 6.84. The predicted octanol–water partition coefficient (Wildman–Crippen LogP) is 4.06. The number of nitrogens with one attached hydrogen (secondary N) is 1. The third kappa shape index (κ3) is 5.49. The number of likely N-dealkylation sites (tertiary alicyclic amines) is 1. The van der Waals surface area contributed by atoms with Gasteiger partial charge < -0.3 is 19.7 Å². The second-order valence-electron chi connectivity index (χ2n) is 6.84. The molecule has 1 aromatic carbocycles. The molecule has 1 fully saturated rings. The maximum absolute atomic E-state index is 12.4. The van der Waals surface area contributed by atoms with Crippen molar-refractivity contribution < 1.29 is 14.3 Å². The molecule has 2 atom stereocenters. The highest BCUT2D eigenvalue weighted by Gasteiger charge is 2.26. The number of benzene rings is 1. The Morgan fingerprint density at radius 3 is 2.88 bits per heavy atom. The Morgan fingerprint density at radius 1 is 1.38 bits per heavy atom. The molecule has 1 N–H and O–H groups in total. The molecule has 0 radical (unpaired) electrons. The van der Waals surface area contributed by atoms with Crippen LogP contribution >= 0.6 is 0 Å². The molecule has 0 saturated carbocycles. The summed E-state index contributed by atoms with van der Waals surface area (Å²) in [7, 11) is 1.68. The first-order valence-electron chi connectivity index (χ1n) is 8.80. The summed E-state index contributed by atoms with van der Waals surface area (Å²) < 4.78 is 11.2. The quantitative estimate of drug-likeness (QED) is 0.818. The van der Waals surface area contributed by atoms with E-state index in [1.807, 2.05) is 36.1 Å². The molecule has 0 bridgehead atoms. The molecule has 1 heterocycles. The zero-order valence-corrected chi connectivity index (χ0v) is 15.2. The van der Waals surface area contributed by atoms with E-state index in [9.17, 15) is 4.79 Å². The minimum Gasteiger partial charge on any atom is -0.377 e. The third-order valence-corrected chi connectivity index (χ3v) is 4.44. The number of urea groups is 1. The zero-order chi connectivity index (χ0) is 17.5. The molecular weight excluding hydrogens is 304 g/mol. The van der Waals surface area contributed by atoms with Gasteiger partial charge in [-0.05, 0) is 43.4 Å². The fraction of sp³-hybridized carbons (Fsp3) is 0.632. The van der Waals surface area contributed by atoms with Gasteiger partial charge in [-0.15, -0.1) is 0 Å². The van der Waals surface area contributed by atoms with Crippen molar-refractivity contribution in [2.24, 2.45) is 5.92 Å². The molecule has 1 saturated heterocycles. The van der Waals surface area contributed by atoms with Gasteiger partial charge in [-0.25, -0.2) is 4.79 Å². The zero-order valence-electron chi connectivity index (χ0n) is 15.2. The number of carbonyl (C=O) groups excluding carboxylic acids is 1. The van der Waals surface area contributed by atoms with Gasteiger partial charge in [0.15, 0.2) is 0 Å². The molecule has 24 heavy (non-hydrogen) atoms. The molecule has 0 spiro atoms. The molecule has 5 nitrogen and oxygen atoms in total. The van der Waals surface area contributed by atoms with Crippen LogP contribution in [0.15, 0.2) is 24.3 Å². The standard InChI is InChI=1S/C19H30N2O3/c1-14(2)9-11-24-18-8-10-21(13-18)19(22)20-17-7-5-6-16(12-17)15(3)23-4/h5-7,12,14-15,18H,8-11,13H2,1-4H3,(H,20,22)/t15-,18-/m0/s1. The summed E-state index contributed by atoms with van der Waals surface area (Å²) in [6.07, 6.45) is 2.14. The summed E-state index contributed by atoms with van der Waals surface area (Å²) in [5.74, 6) is 0.646. The fourth-order valence-electron chi connectivity index (χ4n) is 2.73. The van der Waals surface area contributed by atoms with Gasteiger partial charge in [0.05, 0.1) is 12.2 Å². The van der Waals surface area contributed by atoms with Crippen LogP contribution in [-0.2, 0) is 9.47 Å². The van der Waals surface area contributed by atoms with Crippen LogP contribution in [0.5, 0.6) is 0 Å². The average Bonchev–Trinajstić information content (AvgIpc) is 3.03. The van der Waals surface area contributed by atoms with Crippen LogP contribution in [0.3, 0.4) is 0 Å². The van der Waals surface area contributed by atoms with Gasteiger partial charge in [0.2, 0.25) is 0 Å². The van der Waals surface area contributed by atoms with Gasteiger partial charge in [0.25, 0.3) is 0 Å². The van der Waals surface area contributed by atoms with Crippen molar-refractivity contribution in [2.75, 3.05) is 32.1 Å². The molecule has 2 rings (SSSR count). The maximum atomic E-state index is 12.4. The van der Waals surface area contributed by atoms with E-state index in [2.05, 4.69) is 19.2 Å². The topological polar surface area (TPSA) is 50.8 Å². The Kier molecular flexibility index (Phi) is 7.06. The Hall–Kier alpha value is -1.59. The molecule has 0 unspecified atom stereocenters. The fourth-order valence-corrected chi connectivity index (χ4v) is 2.73. The Balaban J connectivity index is 1.83. The molecule has 0 aliphatic carbocycles. The Bertz CT molecular complexity index is 533. The van der Waals surface area contributed by atoms with Crippen LogP contribution in [0.4, 0.5) is 10.5 Å². The number of methoxy groups -OCH3 is 1. The van der Waals surface area contributed by atoms with E-state index < -0.39 is 0 Å². The lowest BCUT2D eigenvalue weighted by atomic mass is 10.1. The van der Waals surface area contributed by atoms with E-state index in [4.69, 9.17) is 9.47 Å². The highest BCUT2D eigenvalue weighted by atomic mass is 16.5. The first-order chi connectivity index (χ1) is 11.5. The van der Waals surface area contributed by atoms with E-state index in [1.54, 1.807) is 7.11 Å². The molecule has 5 heteroatoms. The van der Waals surface area contributed by atoms with Crippen molar-refractivity contribution >= 4 is 11.7 Å². The highest BCUT2D eigenvalue weighted by molar-refractivity contribution is 5.89. The van der Waals surface area contributed by atoms with Crippen LogP contribution in [0.25, 0.3) is 0 Å². The summed E-state index contributed by atoms with van der Waals surface area (Å²) in [4.78, 5) is 14.2. The van der Waals surface area contributed by atoms with Crippen molar-refractivity contribution in [2.45, 2.75) is 45.8 Å². The van der Waals surface area contributed by atoms with Crippen molar-refractivity contribution in [3.63, 3.8) is 0 Å². The summed E-state index contributed by atoms with van der Waals surface area (Å²) in [5, 5.41) is 2.97. The summed E-state index contributed by atoms with van der Waals surface area (Å²) in [6.45, 7) is 8.55. The first-order valence-corrected chi connectivity index (χ1v) is 8.80. The summed E-state index contributed by atoms with van der Waals surface area (Å²) >= 11 is 0. The van der Waals surface area contributed by atoms with Crippen molar-refractivity contribution in [1.82, 2.24) is 4.90 Å². The Labute approximate surface area is 145 Å². The molecule has 1 aliphatic rings. The Morgan fingerprint density at radius 2 is 2.17 bits per heavy atom. The van der Waals surface area contributed by atoms with Gasteiger partial charge >= 0.3 is 6.03 Å². The van der Waals surface area contributed by atoms with Crippen molar-refractivity contribution in [3.8, 4) is 0 Å². The van der Waals surface area contributed by atoms with E-state index in [0.717, 1.165) is 37.2 Å². The smallest absolute Gasteiger partial charge is 0.321 e. The average molecular weight is 334 g/mol. The lowest BCUT2D eigenvalue weighted by Crippen LogP contribution is -2.34. The van der Waals surface area contributed by atoms with Crippen LogP contribution in [-0.4, -0.2) is 43.8 Å². The largest absolute Gasteiger partial charge is 0.377 e. The van der Waals surface area contributed by atoms with Gasteiger partial charge in [-0.2, -0.15) is 0 Å². The van der Waals surface area contributed by atoms with Crippen molar-refractivity contribution in [3.05, 3.63) is 29.8 Å². The maximum Gasteiger partial charge on any atom is 0.321 e. The number of hydrogen-bond acceptors (Lipinski definition) is 3. The van der Waals surface area contributed by atoms with E-state index in [0.29, 0.717) is 12.5 Å². The van der Waals surface area contributed by atoms with Crippen LogP contribution in [0, 0.1) is 5.92 Å². The van der Waals surface area contributed by atoms with E-state index in [-0.39, 0.29) is 18.2 Å². The predicted molar refractivity (Wildman–Crippen MR) is 96.3 cm³/mol. The van der Waals surface area contributed by atoms with Gasteiger partial charge in [0.1, 0.15) is 0 Å². The monoisotopic (exact) mass is 334 g/mol. The minimum absolute atomic E-state index is 0.00683. The molecule has 134 valence electrons. The molecule has 0 aromatic heterocycles. The molecule has 2 amide bonds. The lowest BCUT2D eigenvalue weighted by molar-refractivity contribution is 0.0547. The number of rotatable bonds is 7. The van der Waals surface area contributed by atoms with Crippen LogP contribution in [0.2, 0.25) is 0 Å². The number of ether oxygens (including phenoxy) is 2. The molecular formula is C19H30N2O3. The van der Waals surface area contributed by atoms with Gasteiger partial charge in [0, 0.05) is 32.5 Å². The summed E-state index contributed by atoms with van der Waals surface area (Å²) in [5.41, 5.74) is 1.84. The number of nitrogens with zero attached hydrogens (tertiary/aromatic N) is 1. The van der Waals surface area contributed by atoms with Crippen molar-refractivity contribution in [1.29, 1.82) is 0 Å². The number of carbonyl (C=O) groups is 1. The van der Waals surface area contributed by atoms with E-state index in [1.165, 1.54) is 0 Å². The van der Waals surface area contributed by atoms with Gasteiger partial charge in [-0.1, -0.05) is 26.0 Å². The molecule has 1 aliphatic heterocycles. The third-order valence-electron chi connectivity index (χ3n) is 4.44. The second kappa shape index (κ2) is 9.04. The number of amides is 2. The minimum atomic E-state index is -0.0628. The van der Waals surface area contributed by atoms with Crippen LogP contribution in [0.1, 0.15) is 45.3 Å². The van der Waals surface area contributed by atoms with Crippen LogP contribution < -0.4 is 5.32 Å². The van der Waals surface area contributed by atoms with E-state index >= 15 is 0 Å².